The topological polar surface area (TPSA) is 136 Å². The standard InChI is InChI=1S/C13H17FN2O6S.ClH/c14-23(20,21)22-10-6-4-9(5-7-10)12(17)16-8-2-1-3-11(15)13(18)19;/h4-7,11H,1-3,8,15H2,(H,16,17)(H,18,19);1H. The Kier molecular flexibility index (Phi) is 9.26. The molecule has 0 aliphatic rings. The number of carboxylic acid groups (broad SMARTS) is 1. The predicted octanol–water partition coefficient (Wildman–Crippen LogP) is 1.01. The highest BCUT2D eigenvalue weighted by Gasteiger charge is 2.12. The van der Waals surface area contributed by atoms with Crippen molar-refractivity contribution in [3.8, 4) is 5.75 Å². The number of rotatable bonds is 9. The fourth-order valence-electron chi connectivity index (χ4n) is 1.69. The highest BCUT2D eigenvalue weighted by molar-refractivity contribution is 7.81. The minimum absolute atomic E-state index is 0. The monoisotopic (exact) mass is 384 g/mol. The van der Waals surface area contributed by atoms with E-state index >= 15 is 0 Å². The van der Waals surface area contributed by atoms with Gasteiger partial charge in [0.25, 0.3) is 5.91 Å². The average molecular weight is 385 g/mol. The van der Waals surface area contributed by atoms with Crippen LogP contribution in [0, 0.1) is 0 Å². The first-order valence-electron chi connectivity index (χ1n) is 6.70. The zero-order valence-electron chi connectivity index (χ0n) is 12.5. The van der Waals surface area contributed by atoms with Crippen molar-refractivity contribution in [1.82, 2.24) is 5.32 Å². The van der Waals surface area contributed by atoms with Crippen LogP contribution in [0.1, 0.15) is 29.6 Å². The van der Waals surface area contributed by atoms with Crippen molar-refractivity contribution in [2.75, 3.05) is 6.54 Å². The number of nitrogens with one attached hydrogen (secondary N) is 1. The molecule has 0 bridgehead atoms. The van der Waals surface area contributed by atoms with E-state index in [1.807, 2.05) is 0 Å². The van der Waals surface area contributed by atoms with Gasteiger partial charge in [0, 0.05) is 12.1 Å². The average Bonchev–Trinajstić information content (AvgIpc) is 2.45. The van der Waals surface area contributed by atoms with E-state index in [1.165, 1.54) is 12.1 Å². The van der Waals surface area contributed by atoms with Crippen LogP contribution in [-0.2, 0) is 15.3 Å². The van der Waals surface area contributed by atoms with Crippen molar-refractivity contribution < 1.29 is 31.2 Å². The van der Waals surface area contributed by atoms with Crippen LogP contribution in [0.3, 0.4) is 0 Å². The molecule has 1 amide bonds. The highest BCUT2D eigenvalue weighted by Crippen LogP contribution is 2.15. The second-order valence-corrected chi connectivity index (χ2v) is 5.65. The molecule has 1 unspecified atom stereocenters. The second-order valence-electron chi connectivity index (χ2n) is 4.70. The molecule has 0 aliphatic carbocycles. The summed E-state index contributed by atoms with van der Waals surface area (Å²) in [5, 5.41) is 11.2. The van der Waals surface area contributed by atoms with Crippen molar-refractivity contribution in [2.45, 2.75) is 25.3 Å². The van der Waals surface area contributed by atoms with Gasteiger partial charge in [-0.3, -0.25) is 9.59 Å². The number of hydrogen-bond acceptors (Lipinski definition) is 6. The molecule has 24 heavy (non-hydrogen) atoms. The molecule has 11 heteroatoms. The smallest absolute Gasteiger partial charge is 0.480 e. The molecule has 0 radical (unpaired) electrons. The quantitative estimate of drug-likeness (QED) is 0.427. The van der Waals surface area contributed by atoms with E-state index in [-0.39, 0.29) is 23.7 Å². The summed E-state index contributed by atoms with van der Waals surface area (Å²) in [4.78, 5) is 22.3. The second kappa shape index (κ2) is 10.1. The Hall–Kier alpha value is -1.91. The summed E-state index contributed by atoms with van der Waals surface area (Å²) in [6, 6.07) is 3.97. The van der Waals surface area contributed by atoms with E-state index in [9.17, 15) is 21.9 Å². The third kappa shape index (κ3) is 8.65. The lowest BCUT2D eigenvalue weighted by atomic mass is 10.1. The summed E-state index contributed by atoms with van der Waals surface area (Å²) in [5.74, 6) is -1.71. The molecule has 0 fully saturated rings. The Morgan fingerprint density at radius 3 is 2.33 bits per heavy atom. The zero-order chi connectivity index (χ0) is 17.5. The number of aliphatic carboxylic acids is 1. The molecule has 1 rings (SSSR count). The van der Waals surface area contributed by atoms with Gasteiger partial charge < -0.3 is 20.3 Å². The van der Waals surface area contributed by atoms with Gasteiger partial charge in [-0.1, -0.05) is 3.89 Å². The molecule has 136 valence electrons. The van der Waals surface area contributed by atoms with Crippen LogP contribution in [0.4, 0.5) is 3.89 Å². The van der Waals surface area contributed by atoms with Crippen molar-refractivity contribution in [2.24, 2.45) is 5.73 Å². The molecule has 0 saturated carbocycles. The number of hydrogen-bond donors (Lipinski definition) is 3. The fourth-order valence-corrected chi connectivity index (χ4v) is 2.03. The molecule has 1 atom stereocenters. The number of unbranched alkanes of at least 4 members (excludes halogenated alkanes) is 1. The molecular formula is C13H18ClFN2O6S. The Balaban J connectivity index is 0.00000529. The molecule has 0 saturated heterocycles. The number of carbonyl (C=O) groups excluding carboxylic acids is 1. The van der Waals surface area contributed by atoms with Gasteiger partial charge in [-0.15, -0.1) is 12.4 Å². The third-order valence-electron chi connectivity index (χ3n) is 2.86. The van der Waals surface area contributed by atoms with Crippen molar-refractivity contribution >= 4 is 34.8 Å². The first-order valence-corrected chi connectivity index (χ1v) is 8.00. The van der Waals surface area contributed by atoms with Gasteiger partial charge in [0.2, 0.25) is 0 Å². The van der Waals surface area contributed by atoms with Crippen molar-refractivity contribution in [1.29, 1.82) is 0 Å². The molecule has 0 heterocycles. The van der Waals surface area contributed by atoms with E-state index in [4.69, 9.17) is 10.8 Å². The van der Waals surface area contributed by atoms with Crippen LogP contribution in [0.2, 0.25) is 0 Å². The van der Waals surface area contributed by atoms with Crippen LogP contribution in [0.15, 0.2) is 24.3 Å². The summed E-state index contributed by atoms with van der Waals surface area (Å²) >= 11 is 0. The maximum atomic E-state index is 12.3. The lowest BCUT2D eigenvalue weighted by Crippen LogP contribution is -2.30. The number of nitrogens with two attached hydrogens (primary N) is 1. The van der Waals surface area contributed by atoms with Crippen molar-refractivity contribution in [3.63, 3.8) is 0 Å². The van der Waals surface area contributed by atoms with Crippen LogP contribution < -0.4 is 15.2 Å². The summed E-state index contributed by atoms with van der Waals surface area (Å²) in [6.07, 6.45) is 1.43. The first-order chi connectivity index (χ1) is 10.7. The minimum atomic E-state index is -5.10. The van der Waals surface area contributed by atoms with Crippen LogP contribution in [-0.4, -0.2) is 38.0 Å². The fraction of sp³-hybridized carbons (Fsp3) is 0.385. The third-order valence-corrected chi connectivity index (χ3v) is 3.25. The zero-order valence-corrected chi connectivity index (χ0v) is 14.1. The maximum Gasteiger partial charge on any atom is 0.488 e. The summed E-state index contributed by atoms with van der Waals surface area (Å²) in [7, 11) is -5.10. The number of benzene rings is 1. The van der Waals surface area contributed by atoms with Gasteiger partial charge >= 0.3 is 16.5 Å². The number of amides is 1. The number of carboxylic acids is 1. The molecule has 4 N–H and O–H groups in total. The maximum absolute atomic E-state index is 12.3. The van der Waals surface area contributed by atoms with E-state index in [1.54, 1.807) is 0 Å². The van der Waals surface area contributed by atoms with Crippen LogP contribution in [0.25, 0.3) is 0 Å². The summed E-state index contributed by atoms with van der Waals surface area (Å²) in [6.45, 7) is 0.336. The Labute approximate surface area is 145 Å². The molecular weight excluding hydrogens is 367 g/mol. The molecule has 0 spiro atoms. The molecule has 0 aromatic heterocycles. The number of halogens is 2. The largest absolute Gasteiger partial charge is 0.488 e. The summed E-state index contributed by atoms with van der Waals surface area (Å²) < 4.78 is 36.9. The first kappa shape index (κ1) is 22.1. The molecule has 1 aromatic rings. The van der Waals surface area contributed by atoms with E-state index < -0.39 is 28.4 Å². The van der Waals surface area contributed by atoms with Crippen molar-refractivity contribution in [3.05, 3.63) is 29.8 Å². The van der Waals surface area contributed by atoms with Gasteiger partial charge in [-0.2, -0.15) is 8.42 Å². The Morgan fingerprint density at radius 2 is 1.83 bits per heavy atom. The summed E-state index contributed by atoms with van der Waals surface area (Å²) in [5.41, 5.74) is 5.59. The normalized spacial score (nSPS) is 11.9. The molecule has 1 aromatic carbocycles. The van der Waals surface area contributed by atoms with Gasteiger partial charge in [0.15, 0.2) is 0 Å². The van der Waals surface area contributed by atoms with Gasteiger partial charge in [-0.05, 0) is 43.5 Å². The van der Waals surface area contributed by atoms with Gasteiger partial charge in [-0.25, -0.2) is 0 Å². The Bertz CT molecular complexity index is 653. The number of carbonyl (C=O) groups is 2. The lowest BCUT2D eigenvalue weighted by Gasteiger charge is -2.07. The minimum Gasteiger partial charge on any atom is -0.480 e. The van der Waals surface area contributed by atoms with Crippen LogP contribution >= 0.6 is 12.4 Å². The van der Waals surface area contributed by atoms with Crippen LogP contribution in [0.5, 0.6) is 5.75 Å². The lowest BCUT2D eigenvalue weighted by molar-refractivity contribution is -0.138. The van der Waals surface area contributed by atoms with Gasteiger partial charge in [0.05, 0.1) is 0 Å². The van der Waals surface area contributed by atoms with E-state index in [2.05, 4.69) is 9.50 Å². The van der Waals surface area contributed by atoms with Gasteiger partial charge in [0.1, 0.15) is 11.8 Å². The molecule has 8 nitrogen and oxygen atoms in total. The highest BCUT2D eigenvalue weighted by atomic mass is 35.5. The molecule has 0 aliphatic heterocycles. The van der Waals surface area contributed by atoms with E-state index in [0.29, 0.717) is 25.8 Å². The SMILES string of the molecule is Cl.NC(CCCCNC(=O)c1ccc(OS(=O)(=O)F)cc1)C(=O)O. The predicted molar refractivity (Wildman–Crippen MR) is 86.1 cm³/mol. The van der Waals surface area contributed by atoms with E-state index in [0.717, 1.165) is 12.1 Å². The Morgan fingerprint density at radius 1 is 1.25 bits per heavy atom.